The van der Waals surface area contributed by atoms with Crippen molar-refractivity contribution in [3.05, 3.63) is 28.8 Å². The van der Waals surface area contributed by atoms with Gasteiger partial charge in [-0.2, -0.15) is 0 Å². The Kier molecular flexibility index (Phi) is 3.68. The molecule has 0 saturated heterocycles. The fourth-order valence-corrected chi connectivity index (χ4v) is 1.47. The van der Waals surface area contributed by atoms with Gasteiger partial charge in [-0.05, 0) is 30.0 Å². The lowest BCUT2D eigenvalue weighted by atomic mass is 10.0. The number of nitrogens with one attached hydrogen (secondary N) is 1. The van der Waals surface area contributed by atoms with Gasteiger partial charge in [-0.1, -0.05) is 19.9 Å². The minimum absolute atomic E-state index is 0.0544. The molecule has 4 nitrogen and oxygen atoms in total. The monoisotopic (exact) mass is 209 g/mol. The molecule has 0 radical (unpaired) electrons. The van der Waals surface area contributed by atoms with Gasteiger partial charge in [0.2, 0.25) is 0 Å². The van der Waals surface area contributed by atoms with Gasteiger partial charge in [0.25, 0.3) is 5.91 Å². The second-order valence-electron chi connectivity index (χ2n) is 3.30. The maximum absolute atomic E-state index is 11.2. The number of benzene rings is 1. The molecular formula is C11H15NO3. The molecule has 0 aliphatic heterocycles. The summed E-state index contributed by atoms with van der Waals surface area (Å²) < 4.78 is 0. The van der Waals surface area contributed by atoms with Gasteiger partial charge in [0.05, 0.1) is 5.56 Å². The molecule has 0 saturated carbocycles. The van der Waals surface area contributed by atoms with Gasteiger partial charge in [0.15, 0.2) is 0 Å². The zero-order chi connectivity index (χ0) is 11.4. The van der Waals surface area contributed by atoms with E-state index >= 15 is 0 Å². The minimum Gasteiger partial charge on any atom is -0.507 e. The molecule has 15 heavy (non-hydrogen) atoms. The van der Waals surface area contributed by atoms with Crippen molar-refractivity contribution in [3.63, 3.8) is 0 Å². The fraction of sp³-hybridized carbons (Fsp3) is 0.364. The van der Waals surface area contributed by atoms with Crippen LogP contribution in [0.3, 0.4) is 0 Å². The average molecular weight is 209 g/mol. The molecule has 0 fully saturated rings. The van der Waals surface area contributed by atoms with E-state index in [1.807, 2.05) is 19.9 Å². The van der Waals surface area contributed by atoms with E-state index in [-0.39, 0.29) is 11.3 Å². The molecule has 1 aromatic carbocycles. The normalized spacial score (nSPS) is 10.1. The first-order valence-electron chi connectivity index (χ1n) is 4.93. The number of aromatic hydroxyl groups is 1. The number of carbonyl (C=O) groups excluding carboxylic acids is 1. The molecule has 0 bridgehead atoms. The molecular weight excluding hydrogens is 194 g/mol. The molecule has 1 amide bonds. The van der Waals surface area contributed by atoms with Crippen LogP contribution in [0.5, 0.6) is 5.75 Å². The predicted octanol–water partition coefficient (Wildman–Crippen LogP) is 1.64. The predicted molar refractivity (Wildman–Crippen MR) is 56.1 cm³/mol. The Morgan fingerprint density at radius 2 is 2.00 bits per heavy atom. The molecule has 0 atom stereocenters. The molecule has 3 N–H and O–H groups in total. The molecule has 82 valence electrons. The van der Waals surface area contributed by atoms with Crippen molar-refractivity contribution in [2.75, 3.05) is 0 Å². The fourth-order valence-electron chi connectivity index (χ4n) is 1.47. The number of carbonyl (C=O) groups is 1. The van der Waals surface area contributed by atoms with Crippen LogP contribution in [0.1, 0.15) is 35.3 Å². The van der Waals surface area contributed by atoms with E-state index in [2.05, 4.69) is 0 Å². The number of hydrogen-bond acceptors (Lipinski definition) is 3. The highest BCUT2D eigenvalue weighted by atomic mass is 16.5. The Balaban J connectivity index is 3.30. The quantitative estimate of drug-likeness (QED) is 0.523. The lowest BCUT2D eigenvalue weighted by Gasteiger charge is -2.09. The van der Waals surface area contributed by atoms with Crippen LogP contribution in [0.15, 0.2) is 12.1 Å². The summed E-state index contributed by atoms with van der Waals surface area (Å²) in [7, 11) is 0. The first kappa shape index (κ1) is 11.5. The maximum Gasteiger partial charge on any atom is 0.278 e. The van der Waals surface area contributed by atoms with Gasteiger partial charge in [0, 0.05) is 0 Å². The van der Waals surface area contributed by atoms with E-state index in [1.54, 1.807) is 6.07 Å². The standard InChI is InChI=1S/C11H15NO3/c1-3-7-5-8(4-2)10(13)9(6-7)11(14)12-15/h5-6,13,15H,3-4H2,1-2H3,(H,12,14). The second kappa shape index (κ2) is 4.79. The summed E-state index contributed by atoms with van der Waals surface area (Å²) in [6, 6.07) is 3.45. The topological polar surface area (TPSA) is 69.6 Å². The van der Waals surface area contributed by atoms with Crippen molar-refractivity contribution < 1.29 is 15.1 Å². The van der Waals surface area contributed by atoms with Gasteiger partial charge in [-0.15, -0.1) is 0 Å². The zero-order valence-corrected chi connectivity index (χ0v) is 8.87. The summed E-state index contributed by atoms with van der Waals surface area (Å²) in [4.78, 5) is 11.2. The summed E-state index contributed by atoms with van der Waals surface area (Å²) in [5, 5.41) is 18.3. The minimum atomic E-state index is -0.683. The van der Waals surface area contributed by atoms with E-state index in [4.69, 9.17) is 5.21 Å². The van der Waals surface area contributed by atoms with E-state index in [1.165, 1.54) is 5.48 Å². The smallest absolute Gasteiger partial charge is 0.278 e. The van der Waals surface area contributed by atoms with Crippen LogP contribution in [-0.2, 0) is 12.8 Å². The molecule has 0 aromatic heterocycles. The van der Waals surface area contributed by atoms with Crippen molar-refractivity contribution in [2.24, 2.45) is 0 Å². The summed E-state index contributed by atoms with van der Waals surface area (Å²) in [5.74, 6) is -0.737. The lowest BCUT2D eigenvalue weighted by molar-refractivity contribution is 0.0703. The van der Waals surface area contributed by atoms with Gasteiger partial charge in [0.1, 0.15) is 5.75 Å². The molecule has 0 aliphatic rings. The van der Waals surface area contributed by atoms with Crippen molar-refractivity contribution in [3.8, 4) is 5.75 Å². The third-order valence-corrected chi connectivity index (χ3v) is 2.38. The van der Waals surface area contributed by atoms with Crippen LogP contribution >= 0.6 is 0 Å². The molecule has 0 heterocycles. The highest BCUT2D eigenvalue weighted by molar-refractivity contribution is 5.96. The average Bonchev–Trinajstić information content (AvgIpc) is 2.28. The first-order chi connectivity index (χ1) is 7.13. The molecule has 1 aromatic rings. The number of hydroxylamine groups is 1. The second-order valence-corrected chi connectivity index (χ2v) is 3.30. The number of amides is 1. The van der Waals surface area contributed by atoms with Crippen LogP contribution in [0.4, 0.5) is 0 Å². The van der Waals surface area contributed by atoms with Gasteiger partial charge in [-0.3, -0.25) is 10.0 Å². The van der Waals surface area contributed by atoms with E-state index in [0.717, 1.165) is 12.0 Å². The van der Waals surface area contributed by atoms with Crippen molar-refractivity contribution >= 4 is 5.91 Å². The van der Waals surface area contributed by atoms with Crippen LogP contribution in [0, 0.1) is 0 Å². The van der Waals surface area contributed by atoms with Crippen LogP contribution in [0.25, 0.3) is 0 Å². The number of hydrogen-bond donors (Lipinski definition) is 3. The Morgan fingerprint density at radius 1 is 1.33 bits per heavy atom. The third kappa shape index (κ3) is 2.27. The van der Waals surface area contributed by atoms with Crippen molar-refractivity contribution in [2.45, 2.75) is 26.7 Å². The maximum atomic E-state index is 11.2. The Bertz CT molecular complexity index is 374. The molecule has 4 heteroatoms. The SMILES string of the molecule is CCc1cc(CC)c(O)c(C(=O)NO)c1. The lowest BCUT2D eigenvalue weighted by Crippen LogP contribution is -2.19. The van der Waals surface area contributed by atoms with Crippen LogP contribution in [0.2, 0.25) is 0 Å². The highest BCUT2D eigenvalue weighted by Crippen LogP contribution is 2.25. The third-order valence-electron chi connectivity index (χ3n) is 2.38. The van der Waals surface area contributed by atoms with Gasteiger partial charge in [-0.25, -0.2) is 5.48 Å². The van der Waals surface area contributed by atoms with Gasteiger partial charge >= 0.3 is 0 Å². The first-order valence-corrected chi connectivity index (χ1v) is 4.93. The van der Waals surface area contributed by atoms with E-state index in [0.29, 0.717) is 12.0 Å². The molecule has 1 rings (SSSR count). The molecule has 0 aliphatic carbocycles. The zero-order valence-electron chi connectivity index (χ0n) is 8.87. The van der Waals surface area contributed by atoms with E-state index < -0.39 is 5.91 Å². The number of aryl methyl sites for hydroxylation is 2. The van der Waals surface area contributed by atoms with Crippen LogP contribution < -0.4 is 5.48 Å². The summed E-state index contributed by atoms with van der Waals surface area (Å²) >= 11 is 0. The summed E-state index contributed by atoms with van der Waals surface area (Å²) in [6.45, 7) is 3.86. The number of phenols is 1. The van der Waals surface area contributed by atoms with Crippen molar-refractivity contribution in [1.82, 2.24) is 5.48 Å². The van der Waals surface area contributed by atoms with Gasteiger partial charge < -0.3 is 5.11 Å². The molecule has 0 unspecified atom stereocenters. The molecule has 0 spiro atoms. The number of rotatable bonds is 3. The van der Waals surface area contributed by atoms with Crippen LogP contribution in [-0.4, -0.2) is 16.2 Å². The Hall–Kier alpha value is -1.55. The van der Waals surface area contributed by atoms with E-state index in [9.17, 15) is 9.90 Å². The van der Waals surface area contributed by atoms with Crippen molar-refractivity contribution in [1.29, 1.82) is 0 Å². The highest BCUT2D eigenvalue weighted by Gasteiger charge is 2.14. The summed E-state index contributed by atoms with van der Waals surface area (Å²) in [6.07, 6.45) is 1.42. The Morgan fingerprint density at radius 3 is 2.47 bits per heavy atom. The summed E-state index contributed by atoms with van der Waals surface area (Å²) in [5.41, 5.74) is 3.32. The Labute approximate surface area is 88.5 Å². The number of phenolic OH excluding ortho intramolecular Hbond substituents is 1. The largest absolute Gasteiger partial charge is 0.507 e.